The van der Waals surface area contributed by atoms with E-state index in [1.54, 1.807) is 0 Å². The lowest BCUT2D eigenvalue weighted by Gasteiger charge is -2.46. The van der Waals surface area contributed by atoms with Gasteiger partial charge in [-0.2, -0.15) is 0 Å². The largest absolute Gasteiger partial charge is 0.481 e. The summed E-state index contributed by atoms with van der Waals surface area (Å²) in [4.78, 5) is 40.6. The molecule has 0 aromatic carbocycles. The Balaban J connectivity index is 2.01. The van der Waals surface area contributed by atoms with Crippen molar-refractivity contribution in [2.45, 2.75) is 31.2 Å². The number of hydrogen-bond donors (Lipinski definition) is 1. The van der Waals surface area contributed by atoms with Crippen molar-refractivity contribution in [1.29, 1.82) is 0 Å². The fraction of sp³-hybridized carbons (Fsp3) is 0.385. The van der Waals surface area contributed by atoms with Gasteiger partial charge in [0, 0.05) is 12.4 Å². The number of amides is 2. The maximum atomic E-state index is 12.3. The van der Waals surface area contributed by atoms with Gasteiger partial charge < -0.3 is 5.11 Å². The molecular weight excluding hydrogens is 248 g/mol. The van der Waals surface area contributed by atoms with E-state index < -0.39 is 23.3 Å². The third kappa shape index (κ3) is 1.56. The number of hydrogen-bond acceptors (Lipinski definition) is 4. The smallest absolute Gasteiger partial charge is 0.305 e. The van der Waals surface area contributed by atoms with Crippen LogP contribution in [-0.2, 0) is 4.79 Å². The Morgan fingerprint density at radius 3 is 2.53 bits per heavy atom. The van der Waals surface area contributed by atoms with Crippen LogP contribution >= 0.6 is 0 Å². The first kappa shape index (κ1) is 11.8. The summed E-state index contributed by atoms with van der Waals surface area (Å²) >= 11 is 0. The second kappa shape index (κ2) is 3.88. The average Bonchev–Trinajstić information content (AvgIpc) is 2.58. The topological polar surface area (TPSA) is 87.6 Å². The minimum absolute atomic E-state index is 0.189. The highest BCUT2D eigenvalue weighted by Crippen LogP contribution is 2.44. The van der Waals surface area contributed by atoms with Crippen LogP contribution in [-0.4, -0.2) is 38.3 Å². The van der Waals surface area contributed by atoms with E-state index in [9.17, 15) is 14.4 Å². The van der Waals surface area contributed by atoms with Gasteiger partial charge in [0.15, 0.2) is 0 Å². The van der Waals surface area contributed by atoms with Crippen LogP contribution in [0.4, 0.5) is 0 Å². The number of nitrogens with zero attached hydrogens (tertiary/aromatic N) is 2. The average molecular weight is 260 g/mol. The minimum Gasteiger partial charge on any atom is -0.481 e. The lowest BCUT2D eigenvalue weighted by Crippen LogP contribution is -2.57. The van der Waals surface area contributed by atoms with Gasteiger partial charge in [0.25, 0.3) is 11.8 Å². The molecule has 0 unspecified atom stereocenters. The first-order valence-electron chi connectivity index (χ1n) is 6.10. The Kier molecular flexibility index (Phi) is 2.41. The van der Waals surface area contributed by atoms with Crippen molar-refractivity contribution in [3.63, 3.8) is 0 Å². The van der Waals surface area contributed by atoms with Crippen LogP contribution in [0.1, 0.15) is 46.4 Å². The van der Waals surface area contributed by atoms with Crippen LogP contribution in [0.15, 0.2) is 18.5 Å². The predicted octanol–water partition coefficient (Wildman–Crippen LogP) is 1.08. The number of aromatic nitrogens is 1. The van der Waals surface area contributed by atoms with Gasteiger partial charge in [-0.05, 0) is 25.3 Å². The van der Waals surface area contributed by atoms with Gasteiger partial charge in [0.2, 0.25) is 0 Å². The second-order valence-corrected chi connectivity index (χ2v) is 5.02. The van der Waals surface area contributed by atoms with Crippen molar-refractivity contribution < 1.29 is 19.5 Å². The molecule has 6 heteroatoms. The van der Waals surface area contributed by atoms with Gasteiger partial charge in [0.05, 0.1) is 23.1 Å². The molecule has 0 saturated heterocycles. The minimum atomic E-state index is -0.991. The Morgan fingerprint density at radius 1 is 1.32 bits per heavy atom. The molecule has 0 atom stereocenters. The number of imide groups is 1. The summed E-state index contributed by atoms with van der Waals surface area (Å²) in [6, 6.07) is 1.50. The van der Waals surface area contributed by atoms with E-state index in [-0.39, 0.29) is 12.0 Å². The normalized spacial score (nSPS) is 20.1. The molecule has 2 amide bonds. The van der Waals surface area contributed by atoms with Crippen molar-refractivity contribution in [3.8, 4) is 0 Å². The molecule has 1 aliphatic carbocycles. The predicted molar refractivity (Wildman–Crippen MR) is 63.6 cm³/mol. The van der Waals surface area contributed by atoms with Gasteiger partial charge in [-0.3, -0.25) is 24.3 Å². The molecule has 98 valence electrons. The molecule has 1 saturated carbocycles. The van der Waals surface area contributed by atoms with Gasteiger partial charge >= 0.3 is 5.97 Å². The zero-order valence-corrected chi connectivity index (χ0v) is 10.1. The number of carbonyl (C=O) groups excluding carboxylic acids is 2. The molecule has 0 radical (unpaired) electrons. The molecule has 1 fully saturated rings. The van der Waals surface area contributed by atoms with Gasteiger partial charge in [-0.25, -0.2) is 0 Å². The van der Waals surface area contributed by atoms with Crippen molar-refractivity contribution in [1.82, 2.24) is 9.88 Å². The van der Waals surface area contributed by atoms with Crippen molar-refractivity contribution in [2.24, 2.45) is 0 Å². The zero-order chi connectivity index (χ0) is 13.6. The number of carboxylic acids is 1. The fourth-order valence-electron chi connectivity index (χ4n) is 2.86. The summed E-state index contributed by atoms with van der Waals surface area (Å²) in [6.45, 7) is 0. The van der Waals surface area contributed by atoms with Gasteiger partial charge in [-0.15, -0.1) is 0 Å². The van der Waals surface area contributed by atoms with Crippen molar-refractivity contribution in [2.75, 3.05) is 0 Å². The van der Waals surface area contributed by atoms with E-state index >= 15 is 0 Å². The lowest BCUT2D eigenvalue weighted by molar-refractivity contribution is -0.141. The maximum absolute atomic E-state index is 12.3. The summed E-state index contributed by atoms with van der Waals surface area (Å²) in [5, 5.41) is 9.00. The fourth-order valence-corrected chi connectivity index (χ4v) is 2.86. The Hall–Kier alpha value is -2.24. The number of pyridine rings is 1. The molecule has 2 heterocycles. The maximum Gasteiger partial charge on any atom is 0.305 e. The number of rotatable bonds is 3. The van der Waals surface area contributed by atoms with E-state index in [1.807, 2.05) is 0 Å². The highest BCUT2D eigenvalue weighted by Gasteiger charge is 2.53. The molecule has 0 bridgehead atoms. The molecule has 19 heavy (non-hydrogen) atoms. The van der Waals surface area contributed by atoms with Crippen molar-refractivity contribution in [3.05, 3.63) is 29.6 Å². The SMILES string of the molecule is O=C(O)CC1(N2C(=O)c3ccncc3C2=O)CCC1. The first-order chi connectivity index (χ1) is 9.05. The molecular formula is C13H12N2O4. The van der Waals surface area contributed by atoms with Gasteiger partial charge in [-0.1, -0.05) is 0 Å². The summed E-state index contributed by atoms with van der Waals surface area (Å²) in [5.41, 5.74) is -0.264. The van der Waals surface area contributed by atoms with Crippen LogP contribution in [0.2, 0.25) is 0 Å². The summed E-state index contributed by atoms with van der Waals surface area (Å²) in [7, 11) is 0. The zero-order valence-electron chi connectivity index (χ0n) is 10.1. The molecule has 1 aromatic rings. The molecule has 2 aliphatic rings. The van der Waals surface area contributed by atoms with Crippen LogP contribution in [0.3, 0.4) is 0 Å². The third-order valence-electron chi connectivity index (χ3n) is 3.93. The molecule has 1 aliphatic heterocycles. The quantitative estimate of drug-likeness (QED) is 0.821. The Morgan fingerprint density at radius 2 is 2.00 bits per heavy atom. The second-order valence-electron chi connectivity index (χ2n) is 5.02. The van der Waals surface area contributed by atoms with Crippen LogP contribution < -0.4 is 0 Å². The van der Waals surface area contributed by atoms with Crippen LogP contribution in [0.5, 0.6) is 0 Å². The summed E-state index contributed by atoms with van der Waals surface area (Å²) < 4.78 is 0. The molecule has 1 aromatic heterocycles. The number of carboxylic acid groups (broad SMARTS) is 1. The van der Waals surface area contributed by atoms with E-state index in [4.69, 9.17) is 5.11 Å². The van der Waals surface area contributed by atoms with E-state index in [0.717, 1.165) is 11.3 Å². The lowest BCUT2D eigenvalue weighted by atomic mass is 9.73. The Labute approximate surface area is 109 Å². The first-order valence-corrected chi connectivity index (χ1v) is 6.10. The summed E-state index contributed by atoms with van der Waals surface area (Å²) in [5.74, 6) is -1.81. The third-order valence-corrected chi connectivity index (χ3v) is 3.93. The van der Waals surface area contributed by atoms with Crippen LogP contribution in [0, 0.1) is 0 Å². The van der Waals surface area contributed by atoms with Crippen molar-refractivity contribution >= 4 is 17.8 Å². The van der Waals surface area contributed by atoms with E-state index in [1.165, 1.54) is 18.5 Å². The summed E-state index contributed by atoms with van der Waals surface area (Å²) in [6.07, 6.45) is 4.57. The Bertz CT molecular complexity index is 557. The molecule has 3 rings (SSSR count). The standard InChI is InChI=1S/C13H12N2O4/c16-10(17)6-13(3-1-4-13)15-11(18)8-2-5-14-7-9(8)12(15)19/h2,5,7H,1,3-4,6H2,(H,16,17). The van der Waals surface area contributed by atoms with Gasteiger partial charge in [0.1, 0.15) is 0 Å². The van der Waals surface area contributed by atoms with E-state index in [2.05, 4.69) is 4.98 Å². The number of carbonyl (C=O) groups is 3. The highest BCUT2D eigenvalue weighted by atomic mass is 16.4. The monoisotopic (exact) mass is 260 g/mol. The number of aliphatic carboxylic acids is 1. The molecule has 0 spiro atoms. The number of fused-ring (bicyclic) bond motifs is 1. The highest BCUT2D eigenvalue weighted by molar-refractivity contribution is 6.21. The van der Waals surface area contributed by atoms with Crippen LogP contribution in [0.25, 0.3) is 0 Å². The van der Waals surface area contributed by atoms with E-state index in [0.29, 0.717) is 18.4 Å². The molecule has 1 N–H and O–H groups in total. The molecule has 6 nitrogen and oxygen atoms in total.